The normalized spacial score (nSPS) is 9.94. The fourth-order valence-corrected chi connectivity index (χ4v) is 1.60. The van der Waals surface area contributed by atoms with Crippen molar-refractivity contribution in [2.75, 3.05) is 11.1 Å². The molecule has 0 aliphatic heterocycles. The number of pyridine rings is 1. The van der Waals surface area contributed by atoms with E-state index >= 15 is 0 Å². The van der Waals surface area contributed by atoms with E-state index in [4.69, 9.17) is 5.73 Å². The molecule has 86 valence electrons. The number of carbonyl (C=O) groups is 1. The maximum absolute atomic E-state index is 11.0. The average Bonchev–Trinajstić information content (AvgIpc) is 2.28. The summed E-state index contributed by atoms with van der Waals surface area (Å²) >= 11 is 0. The van der Waals surface area contributed by atoms with E-state index in [1.807, 2.05) is 30.3 Å². The predicted octanol–water partition coefficient (Wildman–Crippen LogP) is 2.29. The van der Waals surface area contributed by atoms with Crippen molar-refractivity contribution < 1.29 is 4.79 Å². The van der Waals surface area contributed by atoms with E-state index in [2.05, 4.69) is 10.3 Å². The van der Waals surface area contributed by atoms with Crippen LogP contribution >= 0.6 is 0 Å². The van der Waals surface area contributed by atoms with Gasteiger partial charge in [-0.2, -0.15) is 0 Å². The first-order valence-corrected chi connectivity index (χ1v) is 5.24. The predicted molar refractivity (Wildman–Crippen MR) is 68.4 cm³/mol. The van der Waals surface area contributed by atoms with Gasteiger partial charge in [0.2, 0.25) is 5.91 Å². The molecule has 4 heteroatoms. The van der Waals surface area contributed by atoms with Gasteiger partial charge in [-0.3, -0.25) is 9.78 Å². The van der Waals surface area contributed by atoms with Gasteiger partial charge in [-0.15, -0.1) is 0 Å². The van der Waals surface area contributed by atoms with Crippen LogP contribution in [0.3, 0.4) is 0 Å². The van der Waals surface area contributed by atoms with Gasteiger partial charge in [0.15, 0.2) is 0 Å². The Morgan fingerprint density at radius 1 is 1.24 bits per heavy atom. The molecule has 1 heterocycles. The first-order chi connectivity index (χ1) is 8.15. The highest BCUT2D eigenvalue weighted by atomic mass is 16.1. The molecule has 2 aromatic rings. The molecule has 0 radical (unpaired) electrons. The summed E-state index contributed by atoms with van der Waals surface area (Å²) < 4.78 is 0. The van der Waals surface area contributed by atoms with E-state index < -0.39 is 0 Å². The molecule has 3 N–H and O–H groups in total. The Kier molecular flexibility index (Phi) is 3.05. The molecule has 0 spiro atoms. The molecule has 0 aliphatic rings. The fourth-order valence-electron chi connectivity index (χ4n) is 1.60. The zero-order valence-corrected chi connectivity index (χ0v) is 9.47. The van der Waals surface area contributed by atoms with Gasteiger partial charge in [-0.05, 0) is 23.8 Å². The third-order valence-electron chi connectivity index (χ3n) is 2.28. The van der Waals surface area contributed by atoms with E-state index in [9.17, 15) is 4.79 Å². The summed E-state index contributed by atoms with van der Waals surface area (Å²) in [7, 11) is 0. The van der Waals surface area contributed by atoms with Gasteiger partial charge in [0, 0.05) is 30.6 Å². The number of hydrogen-bond donors (Lipinski definition) is 2. The number of nitrogens with one attached hydrogen (secondary N) is 1. The van der Waals surface area contributed by atoms with Crippen molar-refractivity contribution in [2.45, 2.75) is 6.92 Å². The largest absolute Gasteiger partial charge is 0.397 e. The first-order valence-electron chi connectivity index (χ1n) is 5.24. The lowest BCUT2D eigenvalue weighted by Crippen LogP contribution is -2.05. The van der Waals surface area contributed by atoms with Crippen LogP contribution in [-0.2, 0) is 4.79 Å². The van der Waals surface area contributed by atoms with Gasteiger partial charge in [-0.25, -0.2) is 0 Å². The minimum Gasteiger partial charge on any atom is -0.397 e. The number of hydrogen-bond acceptors (Lipinski definition) is 3. The number of aromatic nitrogens is 1. The van der Waals surface area contributed by atoms with Crippen LogP contribution in [0.5, 0.6) is 0 Å². The van der Waals surface area contributed by atoms with Crippen molar-refractivity contribution in [3.8, 4) is 11.1 Å². The summed E-state index contributed by atoms with van der Waals surface area (Å²) in [5, 5.41) is 2.74. The minimum absolute atomic E-state index is 0.0900. The molecule has 0 unspecified atom stereocenters. The van der Waals surface area contributed by atoms with Gasteiger partial charge < -0.3 is 11.1 Å². The van der Waals surface area contributed by atoms with Crippen LogP contribution in [0.25, 0.3) is 11.1 Å². The van der Waals surface area contributed by atoms with Crippen LogP contribution < -0.4 is 11.1 Å². The van der Waals surface area contributed by atoms with Crippen LogP contribution in [0.1, 0.15) is 6.92 Å². The Morgan fingerprint density at radius 2 is 2.06 bits per heavy atom. The molecular weight excluding hydrogens is 214 g/mol. The monoisotopic (exact) mass is 227 g/mol. The molecule has 0 saturated carbocycles. The zero-order chi connectivity index (χ0) is 12.3. The number of carbonyl (C=O) groups excluding carboxylic acids is 1. The third-order valence-corrected chi connectivity index (χ3v) is 2.28. The molecule has 0 saturated heterocycles. The van der Waals surface area contributed by atoms with Gasteiger partial charge in [0.25, 0.3) is 0 Å². The molecule has 2 rings (SSSR count). The quantitative estimate of drug-likeness (QED) is 0.827. The number of nitrogen functional groups attached to an aromatic ring is 1. The van der Waals surface area contributed by atoms with E-state index in [-0.39, 0.29) is 5.91 Å². The van der Waals surface area contributed by atoms with Gasteiger partial charge in [0.05, 0.1) is 5.69 Å². The highest BCUT2D eigenvalue weighted by Gasteiger charge is 2.01. The van der Waals surface area contributed by atoms with Gasteiger partial charge >= 0.3 is 0 Å². The summed E-state index contributed by atoms with van der Waals surface area (Å²) in [6.07, 6.45) is 3.34. The SMILES string of the molecule is CC(=O)Nc1cccc(-c2cncc(N)c2)c1. The van der Waals surface area contributed by atoms with Crippen molar-refractivity contribution in [3.63, 3.8) is 0 Å². The topological polar surface area (TPSA) is 68.0 Å². The Balaban J connectivity index is 2.36. The summed E-state index contributed by atoms with van der Waals surface area (Å²) in [6, 6.07) is 9.40. The van der Waals surface area contributed by atoms with Crippen molar-refractivity contribution >= 4 is 17.3 Å². The fraction of sp³-hybridized carbons (Fsp3) is 0.0769. The van der Waals surface area contributed by atoms with E-state index in [0.717, 1.165) is 16.8 Å². The molecule has 1 aromatic carbocycles. The molecular formula is C13H13N3O. The van der Waals surface area contributed by atoms with E-state index in [1.165, 1.54) is 6.92 Å². The number of benzene rings is 1. The average molecular weight is 227 g/mol. The maximum Gasteiger partial charge on any atom is 0.221 e. The molecule has 0 atom stereocenters. The third kappa shape index (κ3) is 2.81. The van der Waals surface area contributed by atoms with Crippen LogP contribution in [-0.4, -0.2) is 10.9 Å². The van der Waals surface area contributed by atoms with Crippen molar-refractivity contribution in [1.82, 2.24) is 4.98 Å². The minimum atomic E-state index is -0.0900. The lowest BCUT2D eigenvalue weighted by Gasteiger charge is -2.06. The molecule has 1 amide bonds. The number of nitrogens with two attached hydrogens (primary N) is 1. The highest BCUT2D eigenvalue weighted by molar-refractivity contribution is 5.89. The second-order valence-electron chi connectivity index (χ2n) is 3.77. The van der Waals surface area contributed by atoms with Gasteiger partial charge in [-0.1, -0.05) is 12.1 Å². The first kappa shape index (κ1) is 11.1. The molecule has 17 heavy (non-hydrogen) atoms. The molecule has 0 aliphatic carbocycles. The van der Waals surface area contributed by atoms with Crippen LogP contribution in [0, 0.1) is 0 Å². The second-order valence-corrected chi connectivity index (χ2v) is 3.77. The number of anilines is 2. The lowest BCUT2D eigenvalue weighted by molar-refractivity contribution is -0.114. The maximum atomic E-state index is 11.0. The second kappa shape index (κ2) is 4.65. The van der Waals surface area contributed by atoms with Crippen molar-refractivity contribution in [3.05, 3.63) is 42.7 Å². The number of rotatable bonds is 2. The molecule has 4 nitrogen and oxygen atoms in total. The van der Waals surface area contributed by atoms with E-state index in [1.54, 1.807) is 12.4 Å². The van der Waals surface area contributed by atoms with Crippen molar-refractivity contribution in [2.24, 2.45) is 0 Å². The Bertz CT molecular complexity index is 552. The number of amides is 1. The summed E-state index contributed by atoms with van der Waals surface area (Å²) in [6.45, 7) is 1.48. The van der Waals surface area contributed by atoms with Crippen LogP contribution in [0.4, 0.5) is 11.4 Å². The van der Waals surface area contributed by atoms with E-state index in [0.29, 0.717) is 5.69 Å². The zero-order valence-electron chi connectivity index (χ0n) is 9.47. The molecule has 0 bridgehead atoms. The van der Waals surface area contributed by atoms with Crippen molar-refractivity contribution in [1.29, 1.82) is 0 Å². The summed E-state index contributed by atoms with van der Waals surface area (Å²) in [4.78, 5) is 15.0. The standard InChI is InChI=1S/C13H13N3O/c1-9(17)16-13-4-2-3-10(6-13)11-5-12(14)8-15-7-11/h2-8H,14H2,1H3,(H,16,17). The molecule has 1 aromatic heterocycles. The van der Waals surface area contributed by atoms with Crippen LogP contribution in [0.2, 0.25) is 0 Å². The number of nitrogens with zero attached hydrogens (tertiary/aromatic N) is 1. The highest BCUT2D eigenvalue weighted by Crippen LogP contribution is 2.23. The molecule has 0 fully saturated rings. The summed E-state index contributed by atoms with van der Waals surface area (Å²) in [5.41, 5.74) is 8.96. The summed E-state index contributed by atoms with van der Waals surface area (Å²) in [5.74, 6) is -0.0900. The van der Waals surface area contributed by atoms with Crippen LogP contribution in [0.15, 0.2) is 42.7 Å². The Morgan fingerprint density at radius 3 is 2.76 bits per heavy atom. The lowest BCUT2D eigenvalue weighted by atomic mass is 10.1. The Labute approximate surface area is 99.5 Å². The smallest absolute Gasteiger partial charge is 0.221 e. The van der Waals surface area contributed by atoms with Gasteiger partial charge in [0.1, 0.15) is 0 Å². The Hall–Kier alpha value is -2.36.